The number of piperidine rings is 1. The zero-order valence-corrected chi connectivity index (χ0v) is 13.7. The Bertz CT molecular complexity index is 629. The quantitative estimate of drug-likeness (QED) is 0.888. The molecule has 122 valence electrons. The van der Waals surface area contributed by atoms with Crippen LogP contribution in [0.2, 0.25) is 0 Å². The van der Waals surface area contributed by atoms with Crippen molar-refractivity contribution in [2.45, 2.75) is 38.6 Å². The summed E-state index contributed by atoms with van der Waals surface area (Å²) in [5, 5.41) is 3.35. The van der Waals surface area contributed by atoms with Crippen molar-refractivity contribution < 1.29 is 0 Å². The highest BCUT2D eigenvalue weighted by Crippen LogP contribution is 2.30. The molecule has 1 aromatic carbocycles. The van der Waals surface area contributed by atoms with Crippen LogP contribution in [0.4, 0.5) is 17.3 Å². The van der Waals surface area contributed by atoms with Crippen LogP contribution >= 0.6 is 0 Å². The number of nitrogen functional groups attached to an aromatic ring is 1. The first kappa shape index (κ1) is 15.6. The van der Waals surface area contributed by atoms with E-state index < -0.39 is 0 Å². The van der Waals surface area contributed by atoms with Gasteiger partial charge in [-0.05, 0) is 38.2 Å². The van der Waals surface area contributed by atoms with Crippen LogP contribution in [-0.4, -0.2) is 29.1 Å². The molecule has 0 bridgehead atoms. The van der Waals surface area contributed by atoms with Gasteiger partial charge in [-0.3, -0.25) is 0 Å². The van der Waals surface area contributed by atoms with Crippen LogP contribution in [0.25, 0.3) is 0 Å². The Morgan fingerprint density at radius 2 is 2.04 bits per heavy atom. The van der Waals surface area contributed by atoms with Gasteiger partial charge in [0.1, 0.15) is 12.0 Å². The molecule has 0 spiro atoms. The van der Waals surface area contributed by atoms with Crippen LogP contribution in [0.1, 0.15) is 31.7 Å². The fraction of sp³-hybridized carbons (Fsp3) is 0.444. The molecule has 5 heteroatoms. The number of anilines is 3. The van der Waals surface area contributed by atoms with E-state index in [-0.39, 0.29) is 0 Å². The van der Waals surface area contributed by atoms with Gasteiger partial charge in [0.25, 0.3) is 0 Å². The van der Waals surface area contributed by atoms with Crippen LogP contribution in [0, 0.1) is 0 Å². The predicted molar refractivity (Wildman–Crippen MR) is 95.7 cm³/mol. The molecule has 0 aliphatic carbocycles. The molecule has 1 fully saturated rings. The van der Waals surface area contributed by atoms with Crippen molar-refractivity contribution >= 4 is 17.3 Å². The second-order valence-corrected chi connectivity index (χ2v) is 6.16. The van der Waals surface area contributed by atoms with Gasteiger partial charge in [0.2, 0.25) is 0 Å². The number of nitrogens with one attached hydrogen (secondary N) is 1. The van der Waals surface area contributed by atoms with Gasteiger partial charge < -0.3 is 16.0 Å². The average Bonchev–Trinajstić information content (AvgIpc) is 2.58. The number of hydrogen-bond donors (Lipinski definition) is 2. The van der Waals surface area contributed by atoms with Crippen LogP contribution in [0.3, 0.4) is 0 Å². The molecule has 1 saturated heterocycles. The van der Waals surface area contributed by atoms with Crippen molar-refractivity contribution in [1.29, 1.82) is 0 Å². The Morgan fingerprint density at radius 3 is 2.83 bits per heavy atom. The molecule has 2 aromatic rings. The molecule has 1 unspecified atom stereocenters. The summed E-state index contributed by atoms with van der Waals surface area (Å²) in [6.07, 6.45) is 6.23. The van der Waals surface area contributed by atoms with Crippen molar-refractivity contribution in [3.63, 3.8) is 0 Å². The fourth-order valence-corrected chi connectivity index (χ4v) is 3.14. The molecule has 1 aliphatic rings. The van der Waals surface area contributed by atoms with Crippen molar-refractivity contribution in [1.82, 2.24) is 9.97 Å². The molecule has 5 nitrogen and oxygen atoms in total. The Kier molecular flexibility index (Phi) is 4.95. The highest BCUT2D eigenvalue weighted by atomic mass is 15.2. The lowest BCUT2D eigenvalue weighted by Gasteiger charge is -2.35. The molecule has 2 heterocycles. The summed E-state index contributed by atoms with van der Waals surface area (Å²) in [6.45, 7) is 4.06. The molecule has 1 aromatic heterocycles. The van der Waals surface area contributed by atoms with E-state index in [1.807, 2.05) is 6.07 Å². The van der Waals surface area contributed by atoms with E-state index in [9.17, 15) is 0 Å². The Morgan fingerprint density at radius 1 is 1.22 bits per heavy atom. The third-order valence-corrected chi connectivity index (χ3v) is 4.49. The van der Waals surface area contributed by atoms with Gasteiger partial charge in [-0.2, -0.15) is 0 Å². The van der Waals surface area contributed by atoms with Gasteiger partial charge in [-0.25, -0.2) is 9.97 Å². The van der Waals surface area contributed by atoms with Gasteiger partial charge in [0.05, 0.1) is 0 Å². The zero-order valence-electron chi connectivity index (χ0n) is 13.7. The first-order valence-corrected chi connectivity index (χ1v) is 8.40. The van der Waals surface area contributed by atoms with Gasteiger partial charge in [0.15, 0.2) is 11.6 Å². The Labute approximate surface area is 137 Å². The maximum Gasteiger partial charge on any atom is 0.157 e. The average molecular weight is 311 g/mol. The number of nitrogens with two attached hydrogens (primary N) is 1. The summed E-state index contributed by atoms with van der Waals surface area (Å²) < 4.78 is 0. The molecule has 23 heavy (non-hydrogen) atoms. The second kappa shape index (κ2) is 7.31. The van der Waals surface area contributed by atoms with E-state index in [2.05, 4.69) is 51.4 Å². The summed E-state index contributed by atoms with van der Waals surface area (Å²) >= 11 is 0. The predicted octanol–water partition coefficient (Wildman–Crippen LogP) is 3.09. The third kappa shape index (κ3) is 3.73. The lowest BCUT2D eigenvalue weighted by atomic mass is 10.0. The van der Waals surface area contributed by atoms with E-state index in [4.69, 9.17) is 5.73 Å². The minimum absolute atomic E-state index is 0.484. The lowest BCUT2D eigenvalue weighted by Crippen LogP contribution is -2.38. The molecule has 1 aliphatic heterocycles. The van der Waals surface area contributed by atoms with Crippen LogP contribution in [0.15, 0.2) is 36.7 Å². The van der Waals surface area contributed by atoms with E-state index in [1.165, 1.54) is 24.8 Å². The lowest BCUT2D eigenvalue weighted by molar-refractivity contribution is 0.481. The van der Waals surface area contributed by atoms with Gasteiger partial charge in [0, 0.05) is 19.1 Å². The highest BCUT2D eigenvalue weighted by Gasteiger charge is 2.22. The normalized spacial score (nSPS) is 18.0. The van der Waals surface area contributed by atoms with Crippen LogP contribution in [-0.2, 0) is 6.42 Å². The van der Waals surface area contributed by atoms with E-state index in [1.54, 1.807) is 6.33 Å². The molecule has 3 N–H and O–H groups in total. The number of aromatic nitrogens is 2. The number of nitrogens with zero attached hydrogens (tertiary/aromatic N) is 3. The standard InChI is InChI=1S/C18H25N5/c1-14-7-5-6-12-23(14)18-16(19)17(21-13-22-18)20-11-10-15-8-3-2-4-9-15/h2-4,8-9,13-14H,5-7,10-12,19H2,1H3,(H,20,21,22). The Balaban J connectivity index is 1.67. The van der Waals surface area contributed by atoms with E-state index >= 15 is 0 Å². The number of rotatable bonds is 5. The summed E-state index contributed by atoms with van der Waals surface area (Å²) in [4.78, 5) is 11.1. The van der Waals surface area contributed by atoms with Gasteiger partial charge in [-0.1, -0.05) is 30.3 Å². The monoisotopic (exact) mass is 311 g/mol. The summed E-state index contributed by atoms with van der Waals surface area (Å²) in [5.41, 5.74) is 8.29. The first-order chi connectivity index (χ1) is 11.3. The smallest absolute Gasteiger partial charge is 0.157 e. The number of benzene rings is 1. The van der Waals surface area contributed by atoms with Crippen LogP contribution in [0.5, 0.6) is 0 Å². The minimum atomic E-state index is 0.484. The molecular weight excluding hydrogens is 286 g/mol. The maximum atomic E-state index is 6.33. The number of hydrogen-bond acceptors (Lipinski definition) is 5. The fourth-order valence-electron chi connectivity index (χ4n) is 3.14. The van der Waals surface area contributed by atoms with Crippen molar-refractivity contribution in [2.24, 2.45) is 0 Å². The first-order valence-electron chi connectivity index (χ1n) is 8.40. The van der Waals surface area contributed by atoms with Crippen LogP contribution < -0.4 is 16.0 Å². The van der Waals surface area contributed by atoms with Gasteiger partial charge >= 0.3 is 0 Å². The molecule has 0 amide bonds. The SMILES string of the molecule is CC1CCCCN1c1ncnc(NCCc2ccccc2)c1N. The minimum Gasteiger partial charge on any atom is -0.393 e. The molecule has 1 atom stereocenters. The second-order valence-electron chi connectivity index (χ2n) is 6.16. The molecular formula is C18H25N5. The van der Waals surface area contributed by atoms with E-state index in [0.717, 1.165) is 31.1 Å². The Hall–Kier alpha value is -2.30. The maximum absolute atomic E-state index is 6.33. The van der Waals surface area contributed by atoms with Gasteiger partial charge in [-0.15, -0.1) is 0 Å². The van der Waals surface area contributed by atoms with E-state index in [0.29, 0.717) is 11.7 Å². The van der Waals surface area contributed by atoms with Crippen molar-refractivity contribution in [3.8, 4) is 0 Å². The molecule has 0 radical (unpaired) electrons. The van der Waals surface area contributed by atoms with Crippen molar-refractivity contribution in [2.75, 3.05) is 29.0 Å². The summed E-state index contributed by atoms with van der Waals surface area (Å²) in [6, 6.07) is 10.9. The van der Waals surface area contributed by atoms with Crippen molar-refractivity contribution in [3.05, 3.63) is 42.2 Å². The zero-order chi connectivity index (χ0) is 16.1. The highest BCUT2D eigenvalue weighted by molar-refractivity contribution is 5.75. The largest absolute Gasteiger partial charge is 0.393 e. The third-order valence-electron chi connectivity index (χ3n) is 4.49. The molecule has 3 rings (SSSR count). The summed E-state index contributed by atoms with van der Waals surface area (Å²) in [7, 11) is 0. The summed E-state index contributed by atoms with van der Waals surface area (Å²) in [5.74, 6) is 1.61. The molecule has 0 saturated carbocycles. The topological polar surface area (TPSA) is 67.1 Å².